The largest absolute Gasteiger partial charge is 0.618 e. The van der Waals surface area contributed by atoms with Crippen LogP contribution in [0.25, 0.3) is 17.1 Å². The van der Waals surface area contributed by atoms with Gasteiger partial charge in [-0.1, -0.05) is 0 Å². The first kappa shape index (κ1) is 23.7. The lowest BCUT2D eigenvalue weighted by molar-refractivity contribution is -0.593. The fourth-order valence-electron chi connectivity index (χ4n) is 5.23. The molecule has 6 rings (SSSR count). The molecule has 1 saturated heterocycles. The Hall–Kier alpha value is -4.66. The Morgan fingerprint density at radius 3 is 2.24 bits per heavy atom. The summed E-state index contributed by atoms with van der Waals surface area (Å²) >= 11 is 0. The van der Waals surface area contributed by atoms with Gasteiger partial charge < -0.3 is 19.7 Å². The molecule has 2 aliphatic heterocycles. The maximum atomic E-state index is 14.0. The highest BCUT2D eigenvalue weighted by Gasteiger charge is 2.35. The molecule has 0 unspecified atom stereocenters. The minimum absolute atomic E-state index is 0.134. The molecule has 0 radical (unpaired) electrons. The second kappa shape index (κ2) is 9.66. The summed E-state index contributed by atoms with van der Waals surface area (Å²) in [7, 11) is 1.60. The molecule has 0 bridgehead atoms. The highest BCUT2D eigenvalue weighted by Crippen LogP contribution is 2.33. The van der Waals surface area contributed by atoms with Gasteiger partial charge in [-0.3, -0.25) is 9.59 Å². The van der Waals surface area contributed by atoms with E-state index in [0.717, 1.165) is 34.5 Å². The van der Waals surface area contributed by atoms with E-state index >= 15 is 0 Å². The second-order valence-corrected chi connectivity index (χ2v) is 9.42. The third kappa shape index (κ3) is 4.06. The van der Waals surface area contributed by atoms with Crippen LogP contribution in [-0.4, -0.2) is 41.8 Å². The van der Waals surface area contributed by atoms with Gasteiger partial charge in [0.1, 0.15) is 11.4 Å². The predicted molar refractivity (Wildman–Crippen MR) is 143 cm³/mol. The number of benzene rings is 2. The molecule has 2 aromatic carbocycles. The monoisotopic (exact) mass is 509 g/mol. The molecular formula is C29H27N5O4. The van der Waals surface area contributed by atoms with E-state index in [1.807, 2.05) is 53.4 Å². The minimum atomic E-state index is -0.198. The van der Waals surface area contributed by atoms with Gasteiger partial charge >= 0.3 is 0 Å². The fraction of sp³-hybridized carbons (Fsp3) is 0.241. The number of anilines is 2. The first-order valence-electron chi connectivity index (χ1n) is 12.7. The van der Waals surface area contributed by atoms with E-state index in [4.69, 9.17) is 9.84 Å². The van der Waals surface area contributed by atoms with Gasteiger partial charge in [0.25, 0.3) is 5.91 Å². The van der Waals surface area contributed by atoms with Crippen molar-refractivity contribution in [1.82, 2.24) is 9.78 Å². The molecule has 0 atom stereocenters. The molecule has 0 saturated carbocycles. The van der Waals surface area contributed by atoms with Crippen LogP contribution in [0.2, 0.25) is 0 Å². The number of rotatable bonds is 5. The zero-order valence-electron chi connectivity index (χ0n) is 21.0. The van der Waals surface area contributed by atoms with Gasteiger partial charge in [0.2, 0.25) is 11.6 Å². The molecule has 2 aliphatic rings. The lowest BCUT2D eigenvalue weighted by Crippen LogP contribution is -2.39. The van der Waals surface area contributed by atoms with Crippen LogP contribution in [-0.2, 0) is 11.2 Å². The Morgan fingerprint density at radius 2 is 1.55 bits per heavy atom. The lowest BCUT2D eigenvalue weighted by Gasteiger charge is -2.29. The molecule has 0 spiro atoms. The predicted octanol–water partition coefficient (Wildman–Crippen LogP) is 3.90. The number of aromatic nitrogens is 3. The van der Waals surface area contributed by atoms with Gasteiger partial charge in [-0.25, -0.2) is 4.68 Å². The van der Waals surface area contributed by atoms with Crippen molar-refractivity contribution in [3.8, 4) is 22.8 Å². The van der Waals surface area contributed by atoms with Gasteiger partial charge in [0.05, 0.1) is 12.8 Å². The number of amides is 2. The molecule has 4 heterocycles. The number of ether oxygens (including phenoxy) is 1. The van der Waals surface area contributed by atoms with Crippen molar-refractivity contribution >= 4 is 23.2 Å². The highest BCUT2D eigenvalue weighted by molar-refractivity contribution is 6.08. The van der Waals surface area contributed by atoms with Gasteiger partial charge in [-0.05, 0) is 73.9 Å². The topological polar surface area (TPSA) is 94.6 Å². The number of carbonyl (C=O) groups is 2. The summed E-state index contributed by atoms with van der Waals surface area (Å²) in [4.78, 5) is 29.9. The summed E-state index contributed by atoms with van der Waals surface area (Å²) in [5, 5.41) is 17.4. The zero-order chi connectivity index (χ0) is 26.2. The molecule has 9 heteroatoms. The van der Waals surface area contributed by atoms with Gasteiger partial charge in [-0.2, -0.15) is 9.83 Å². The van der Waals surface area contributed by atoms with Crippen molar-refractivity contribution in [3.63, 3.8) is 0 Å². The number of pyridine rings is 1. The average molecular weight is 510 g/mol. The normalized spacial score (nSPS) is 15.5. The van der Waals surface area contributed by atoms with Crippen molar-refractivity contribution in [2.75, 3.05) is 30.0 Å². The number of fused-ring (bicyclic) bond motifs is 1. The zero-order valence-corrected chi connectivity index (χ0v) is 21.0. The van der Waals surface area contributed by atoms with Gasteiger partial charge in [0, 0.05) is 48.6 Å². The Balaban J connectivity index is 1.40. The third-order valence-corrected chi connectivity index (χ3v) is 7.20. The first-order valence-corrected chi connectivity index (χ1v) is 12.7. The summed E-state index contributed by atoms with van der Waals surface area (Å²) in [6.07, 6.45) is 4.45. The first-order chi connectivity index (χ1) is 18.5. The van der Waals surface area contributed by atoms with E-state index in [1.165, 1.54) is 6.20 Å². The Morgan fingerprint density at radius 1 is 0.842 bits per heavy atom. The second-order valence-electron chi connectivity index (χ2n) is 9.42. The van der Waals surface area contributed by atoms with Crippen LogP contribution in [0.5, 0.6) is 5.75 Å². The number of methoxy groups -OCH3 is 1. The van der Waals surface area contributed by atoms with Crippen molar-refractivity contribution in [1.29, 1.82) is 0 Å². The maximum Gasteiger partial charge on any atom is 0.277 e. The van der Waals surface area contributed by atoms with E-state index < -0.39 is 0 Å². The molecule has 2 amide bonds. The number of piperidine rings is 1. The number of hydrogen-bond donors (Lipinski definition) is 0. The molecular weight excluding hydrogens is 482 g/mol. The summed E-state index contributed by atoms with van der Waals surface area (Å²) < 4.78 is 7.68. The number of hydrogen-bond acceptors (Lipinski definition) is 5. The summed E-state index contributed by atoms with van der Waals surface area (Å²) in [6.45, 7) is 1.16. The molecule has 0 N–H and O–H groups in total. The quantitative estimate of drug-likeness (QED) is 0.300. The fourth-order valence-corrected chi connectivity index (χ4v) is 5.23. The third-order valence-electron chi connectivity index (χ3n) is 7.20. The van der Waals surface area contributed by atoms with Crippen LogP contribution in [0.3, 0.4) is 0 Å². The maximum absolute atomic E-state index is 14.0. The van der Waals surface area contributed by atoms with Gasteiger partial charge in [0.15, 0.2) is 11.9 Å². The van der Waals surface area contributed by atoms with Gasteiger partial charge in [-0.15, -0.1) is 0 Å². The van der Waals surface area contributed by atoms with Crippen molar-refractivity contribution in [2.45, 2.75) is 25.7 Å². The molecule has 1 fully saturated rings. The van der Waals surface area contributed by atoms with Crippen LogP contribution >= 0.6 is 0 Å². The SMILES string of the molecule is COc1ccc(-n2nc(-c3cccc[n+]3[O-])c3c2C(=O)N(c2ccc(N4CCCCC4=O)cc2)CC3)cc1. The molecule has 9 nitrogen and oxygen atoms in total. The van der Waals surface area contributed by atoms with Crippen LogP contribution in [0.1, 0.15) is 35.3 Å². The Labute approximate surface area is 220 Å². The molecule has 0 aliphatic carbocycles. The van der Waals surface area contributed by atoms with Crippen molar-refractivity contribution < 1.29 is 19.1 Å². The summed E-state index contributed by atoms with van der Waals surface area (Å²) in [5.74, 6) is 0.627. The van der Waals surface area contributed by atoms with Crippen LogP contribution in [0, 0.1) is 5.21 Å². The Bertz CT molecular complexity index is 1510. The van der Waals surface area contributed by atoms with E-state index in [0.29, 0.717) is 54.4 Å². The molecule has 2 aromatic heterocycles. The number of nitrogens with zero attached hydrogens (tertiary/aromatic N) is 5. The summed E-state index contributed by atoms with van der Waals surface area (Å²) in [5.41, 5.74) is 4.35. The Kier molecular flexibility index (Phi) is 6.03. The van der Waals surface area contributed by atoms with Crippen LogP contribution < -0.4 is 19.3 Å². The average Bonchev–Trinajstić information content (AvgIpc) is 3.34. The minimum Gasteiger partial charge on any atom is -0.618 e. The smallest absolute Gasteiger partial charge is 0.277 e. The molecule has 38 heavy (non-hydrogen) atoms. The van der Waals surface area contributed by atoms with E-state index in [-0.39, 0.29) is 11.8 Å². The van der Waals surface area contributed by atoms with Crippen LogP contribution in [0.4, 0.5) is 11.4 Å². The molecule has 192 valence electrons. The lowest BCUT2D eigenvalue weighted by atomic mass is 10.0. The van der Waals surface area contributed by atoms with Crippen molar-refractivity contribution in [3.05, 3.63) is 89.4 Å². The standard InChI is InChI=1S/C29H27N5O4/c1-38-23-14-12-22(13-15-23)34-28-24(27(30-34)25-6-2-5-18-33(25)37)16-19-32(29(28)36)21-10-8-20(9-11-21)31-17-4-3-7-26(31)35/h2,5-6,8-15,18H,3-4,7,16-17,19H2,1H3. The van der Waals surface area contributed by atoms with E-state index in [1.54, 1.807) is 34.9 Å². The molecule has 4 aromatic rings. The summed E-state index contributed by atoms with van der Waals surface area (Å²) in [6, 6.07) is 20.0. The highest BCUT2D eigenvalue weighted by atomic mass is 16.5. The van der Waals surface area contributed by atoms with Crippen LogP contribution in [0.15, 0.2) is 72.9 Å². The van der Waals surface area contributed by atoms with Crippen molar-refractivity contribution in [2.24, 2.45) is 0 Å². The number of carbonyl (C=O) groups excluding carboxylic acids is 2. The van der Waals surface area contributed by atoms with E-state index in [9.17, 15) is 14.8 Å². The van der Waals surface area contributed by atoms with E-state index in [2.05, 4.69) is 0 Å².